The van der Waals surface area contributed by atoms with Crippen LogP contribution < -0.4 is 32.8 Å². The van der Waals surface area contributed by atoms with E-state index < -0.39 is 0 Å². The predicted octanol–water partition coefficient (Wildman–Crippen LogP) is 10.4. The van der Waals surface area contributed by atoms with Crippen LogP contribution in [0.25, 0.3) is 99.1 Å². The van der Waals surface area contributed by atoms with Crippen molar-refractivity contribution in [3.63, 3.8) is 0 Å². The topological polar surface area (TPSA) is 0 Å². The van der Waals surface area contributed by atoms with Gasteiger partial charge in [0.05, 0.1) is 0 Å². The molecular weight excluding hydrogens is 806 g/mol. The Kier molecular flexibility index (Phi) is 5.77. The molecule has 0 fully saturated rings. The maximum absolute atomic E-state index is 3.99. The van der Waals surface area contributed by atoms with Gasteiger partial charge in [-0.15, -0.1) is 0 Å². The molecule has 0 aliphatic carbocycles. The molecule has 4 aliphatic heterocycles. The Hall–Kier alpha value is -5.67. The van der Waals surface area contributed by atoms with Crippen LogP contribution in [0.2, 0.25) is 0 Å². The third-order valence-electron chi connectivity index (χ3n) is 13.5. The van der Waals surface area contributed by atoms with Crippen LogP contribution in [0.5, 0.6) is 0 Å². The lowest BCUT2D eigenvalue weighted by atomic mass is 9.34. The Bertz CT molecular complexity index is 3210. The summed E-state index contributed by atoms with van der Waals surface area (Å²) in [4.78, 5) is 0. The van der Waals surface area contributed by atoms with Crippen molar-refractivity contribution in [1.82, 2.24) is 0 Å². The molecule has 4 heteroatoms. The Morgan fingerprint density at radius 3 is 1.09 bits per heavy atom. The zero-order chi connectivity index (χ0) is 36.6. The number of rotatable bonds is 2. The van der Waals surface area contributed by atoms with Crippen molar-refractivity contribution in [3.05, 3.63) is 167 Å². The van der Waals surface area contributed by atoms with Crippen molar-refractivity contribution >= 4 is 110 Å². The molecule has 4 heterocycles. The molecule has 0 aromatic heterocycles. The highest BCUT2D eigenvalue weighted by molar-refractivity contribution is 9.10. The second kappa shape index (κ2) is 10.6. The minimum absolute atomic E-state index is 0.155. The quantitative estimate of drug-likeness (QED) is 0.120. The molecule has 10 aromatic rings. The molecule has 0 saturated heterocycles. The third kappa shape index (κ3) is 3.65. The van der Waals surface area contributed by atoms with Gasteiger partial charge >= 0.3 is 0 Å². The van der Waals surface area contributed by atoms with Gasteiger partial charge in [0.1, 0.15) is 0 Å². The molecule has 0 atom stereocenters. The summed E-state index contributed by atoms with van der Waals surface area (Å²) in [5.41, 5.74) is 24.4. The predicted molar refractivity (Wildman–Crippen MR) is 247 cm³/mol. The lowest BCUT2D eigenvalue weighted by Gasteiger charge is -2.33. The van der Waals surface area contributed by atoms with E-state index in [4.69, 9.17) is 0 Å². The van der Waals surface area contributed by atoms with Crippen LogP contribution in [0.15, 0.2) is 167 Å². The Morgan fingerprint density at radius 1 is 0.286 bits per heavy atom. The summed E-state index contributed by atoms with van der Waals surface area (Å²) in [6.45, 7) is 0.310. The summed E-state index contributed by atoms with van der Waals surface area (Å²) in [7, 11) is 0. The summed E-state index contributed by atoms with van der Waals surface area (Å²) in [5, 5.41) is 8.29. The van der Waals surface area contributed by atoms with Crippen molar-refractivity contribution in [1.29, 1.82) is 0 Å². The highest BCUT2D eigenvalue weighted by atomic mass is 79.9. The average Bonchev–Trinajstić information content (AvgIpc) is 3.75. The van der Waals surface area contributed by atoms with Crippen molar-refractivity contribution < 1.29 is 0 Å². The molecule has 14 rings (SSSR count). The first-order valence-corrected chi connectivity index (χ1v) is 21.0. The Morgan fingerprint density at radius 2 is 0.661 bits per heavy atom. The van der Waals surface area contributed by atoms with Crippen LogP contribution in [0.3, 0.4) is 0 Å². The number of hydrogen-bond donors (Lipinski definition) is 0. The van der Waals surface area contributed by atoms with Gasteiger partial charge in [0, 0.05) is 8.95 Å². The van der Waals surface area contributed by atoms with Gasteiger partial charge < -0.3 is 0 Å². The second-order valence-corrected chi connectivity index (χ2v) is 17.9. The summed E-state index contributed by atoms with van der Waals surface area (Å²) in [6, 6.07) is 60.3. The van der Waals surface area contributed by atoms with Crippen molar-refractivity contribution in [2.24, 2.45) is 0 Å². The van der Waals surface area contributed by atoms with E-state index in [1.54, 1.807) is 0 Å². The molecule has 0 amide bonds. The van der Waals surface area contributed by atoms with Gasteiger partial charge in [0.2, 0.25) is 13.4 Å². The SMILES string of the molecule is Brc1cc2c3c(c1)-c1cc(-c4ccccc4)c4cc5c6c(cc(-c7ccccc7)c7cc(c1c4c76)B3c1ccccc1-2)-c1cc(Br)cc2c1B5c1ccccc1-2. The van der Waals surface area contributed by atoms with E-state index in [9.17, 15) is 0 Å². The molecule has 254 valence electrons. The normalized spacial score (nSPS) is 13.5. The number of hydrogen-bond acceptors (Lipinski definition) is 0. The maximum Gasteiger partial charge on any atom is 0.244 e. The van der Waals surface area contributed by atoms with Crippen LogP contribution >= 0.6 is 31.9 Å². The molecular formula is C52H26B2Br2. The maximum atomic E-state index is 3.99. The van der Waals surface area contributed by atoms with E-state index in [0.717, 1.165) is 8.95 Å². The number of halogens is 2. The zero-order valence-electron chi connectivity index (χ0n) is 29.9. The molecule has 0 saturated carbocycles. The zero-order valence-corrected chi connectivity index (χ0v) is 33.1. The molecule has 0 radical (unpaired) electrons. The van der Waals surface area contributed by atoms with Gasteiger partial charge in [-0.05, 0) is 135 Å². The first-order valence-electron chi connectivity index (χ1n) is 19.5. The van der Waals surface area contributed by atoms with Crippen LogP contribution in [-0.4, -0.2) is 13.4 Å². The molecule has 0 unspecified atom stereocenters. The first kappa shape index (κ1) is 30.5. The average molecular weight is 832 g/mol. The fraction of sp³-hybridized carbons (Fsp3) is 0. The Balaban J connectivity index is 1.26. The highest BCUT2D eigenvalue weighted by Gasteiger charge is 2.44. The summed E-state index contributed by atoms with van der Waals surface area (Å²) in [6.07, 6.45) is 0. The van der Waals surface area contributed by atoms with Crippen molar-refractivity contribution in [2.75, 3.05) is 0 Å². The summed E-state index contributed by atoms with van der Waals surface area (Å²) in [5.74, 6) is 0. The fourth-order valence-electron chi connectivity index (χ4n) is 11.6. The Labute approximate surface area is 341 Å². The smallest absolute Gasteiger partial charge is 0.0664 e. The number of fused-ring (bicyclic) bond motifs is 10. The second-order valence-electron chi connectivity index (χ2n) is 16.1. The van der Waals surface area contributed by atoms with E-state index in [1.165, 1.54) is 132 Å². The minimum Gasteiger partial charge on any atom is -0.0664 e. The highest BCUT2D eigenvalue weighted by Crippen LogP contribution is 2.51. The molecule has 0 spiro atoms. The molecule has 0 N–H and O–H groups in total. The van der Waals surface area contributed by atoms with E-state index in [2.05, 4.69) is 190 Å². The lowest BCUT2D eigenvalue weighted by molar-refractivity contribution is 1.62. The van der Waals surface area contributed by atoms with Gasteiger partial charge in [0.15, 0.2) is 0 Å². The van der Waals surface area contributed by atoms with Gasteiger partial charge in [-0.25, -0.2) is 0 Å². The lowest BCUT2D eigenvalue weighted by Crippen LogP contribution is -2.52. The van der Waals surface area contributed by atoms with E-state index in [1.807, 2.05) is 0 Å². The molecule has 56 heavy (non-hydrogen) atoms. The van der Waals surface area contributed by atoms with Crippen molar-refractivity contribution in [3.8, 4) is 66.8 Å². The van der Waals surface area contributed by atoms with Crippen LogP contribution in [0, 0.1) is 0 Å². The number of benzene rings is 10. The molecule has 0 bridgehead atoms. The van der Waals surface area contributed by atoms with E-state index in [0.29, 0.717) is 0 Å². The standard InChI is InChI=1S/C52H26B2Br2/c55-29-19-39-31-15-8-10-18-44(31)54-46-26-38-34(28-13-5-2-6-14-28)24-36-42-22-30(56)20-40-32-16-7-9-17-43(32)53(52(40)42)45-25-37-33(27-11-3-1-4-12-27)23-35(41(21-29)51(39)54)47(46)49(37)50(38)48(36)45/h1-26H. The molecule has 0 nitrogen and oxygen atoms in total. The monoisotopic (exact) mass is 830 g/mol. The van der Waals surface area contributed by atoms with Gasteiger partial charge in [-0.1, -0.05) is 186 Å². The molecule has 4 aliphatic rings. The van der Waals surface area contributed by atoms with Gasteiger partial charge in [-0.2, -0.15) is 0 Å². The third-order valence-corrected chi connectivity index (χ3v) is 14.4. The fourth-order valence-corrected chi connectivity index (χ4v) is 12.5. The van der Waals surface area contributed by atoms with Gasteiger partial charge in [-0.3, -0.25) is 0 Å². The minimum atomic E-state index is 0.155. The van der Waals surface area contributed by atoms with Crippen LogP contribution in [0.1, 0.15) is 0 Å². The summed E-state index contributed by atoms with van der Waals surface area (Å²) >= 11 is 7.98. The van der Waals surface area contributed by atoms with Gasteiger partial charge in [0.25, 0.3) is 0 Å². The van der Waals surface area contributed by atoms with Crippen LogP contribution in [-0.2, 0) is 0 Å². The van der Waals surface area contributed by atoms with Crippen molar-refractivity contribution in [2.45, 2.75) is 0 Å². The largest absolute Gasteiger partial charge is 0.244 e. The summed E-state index contributed by atoms with van der Waals surface area (Å²) < 4.78 is 2.25. The van der Waals surface area contributed by atoms with E-state index >= 15 is 0 Å². The van der Waals surface area contributed by atoms with E-state index in [-0.39, 0.29) is 13.4 Å². The van der Waals surface area contributed by atoms with Crippen LogP contribution in [0.4, 0.5) is 0 Å². The first-order chi connectivity index (χ1) is 27.6. The molecule has 10 aromatic carbocycles.